The van der Waals surface area contributed by atoms with Crippen molar-refractivity contribution < 1.29 is 9.53 Å². The van der Waals surface area contributed by atoms with Crippen LogP contribution in [0.5, 0.6) is 0 Å². The van der Waals surface area contributed by atoms with Crippen molar-refractivity contribution in [1.82, 2.24) is 10.2 Å². The van der Waals surface area contributed by atoms with E-state index in [1.165, 1.54) is 16.3 Å². The van der Waals surface area contributed by atoms with Crippen molar-refractivity contribution in [3.63, 3.8) is 0 Å². The third kappa shape index (κ3) is 5.94. The largest absolute Gasteiger partial charge is 0.444 e. The van der Waals surface area contributed by atoms with E-state index < -0.39 is 5.60 Å². The molecule has 4 nitrogen and oxygen atoms in total. The molecule has 1 aliphatic rings. The lowest BCUT2D eigenvalue weighted by atomic mass is 9.96. The van der Waals surface area contributed by atoms with E-state index in [4.69, 9.17) is 4.74 Å². The number of fused-ring (bicyclic) bond motifs is 1. The number of halogens is 1. The van der Waals surface area contributed by atoms with Gasteiger partial charge in [-0.25, -0.2) is 4.79 Å². The van der Waals surface area contributed by atoms with Gasteiger partial charge in [-0.05, 0) is 81.1 Å². The maximum absolute atomic E-state index is 11.8. The molecule has 1 fully saturated rings. The minimum atomic E-state index is -0.442. The molecular formula is C22H29BrN2O2. The van der Waals surface area contributed by atoms with Gasteiger partial charge >= 0.3 is 6.09 Å². The molecule has 0 spiro atoms. The number of hydrogen-bond donors (Lipinski definition) is 1. The fourth-order valence-corrected chi connectivity index (χ4v) is 4.05. The molecule has 0 saturated carbocycles. The first-order chi connectivity index (χ1) is 12.8. The van der Waals surface area contributed by atoms with E-state index in [9.17, 15) is 4.79 Å². The number of alkyl carbamates (subject to hydrolysis) is 1. The number of likely N-dealkylation sites (tertiary alicyclic amines) is 1. The van der Waals surface area contributed by atoms with Crippen molar-refractivity contribution in [3.8, 4) is 0 Å². The summed E-state index contributed by atoms with van der Waals surface area (Å²) in [5.41, 5.74) is 0.911. The number of amides is 1. The minimum absolute atomic E-state index is 0.313. The second-order valence-electron chi connectivity index (χ2n) is 8.40. The number of benzene rings is 2. The van der Waals surface area contributed by atoms with E-state index in [-0.39, 0.29) is 6.09 Å². The summed E-state index contributed by atoms with van der Waals surface area (Å²) in [4.78, 5) is 14.3. The second-order valence-corrected chi connectivity index (χ2v) is 9.25. The summed E-state index contributed by atoms with van der Waals surface area (Å²) in [6, 6.07) is 13.0. The average Bonchev–Trinajstić information content (AvgIpc) is 2.60. The van der Waals surface area contributed by atoms with Gasteiger partial charge in [-0.1, -0.05) is 40.2 Å². The number of hydrogen-bond acceptors (Lipinski definition) is 3. The molecule has 1 N–H and O–H groups in total. The smallest absolute Gasteiger partial charge is 0.407 e. The summed E-state index contributed by atoms with van der Waals surface area (Å²) in [5.74, 6) is 0.529. The van der Waals surface area contributed by atoms with Crippen LogP contribution in [0.1, 0.15) is 39.2 Å². The number of nitrogens with one attached hydrogen (secondary N) is 1. The zero-order chi connectivity index (χ0) is 19.4. The van der Waals surface area contributed by atoms with Crippen LogP contribution >= 0.6 is 15.9 Å². The lowest BCUT2D eigenvalue weighted by Crippen LogP contribution is -2.40. The predicted molar refractivity (Wildman–Crippen MR) is 114 cm³/mol. The molecule has 1 saturated heterocycles. The molecule has 146 valence electrons. The van der Waals surface area contributed by atoms with Crippen molar-refractivity contribution in [2.75, 3.05) is 19.6 Å². The number of carbonyl (C=O) groups excluding carboxylic acids is 1. The third-order valence-electron chi connectivity index (χ3n) is 4.94. The molecule has 3 rings (SSSR count). The molecule has 0 aromatic heterocycles. The van der Waals surface area contributed by atoms with E-state index >= 15 is 0 Å². The van der Waals surface area contributed by atoms with Crippen LogP contribution in [0.25, 0.3) is 10.8 Å². The van der Waals surface area contributed by atoms with Gasteiger partial charge in [0.15, 0.2) is 0 Å². The number of piperidine rings is 1. The Bertz CT molecular complexity index is 792. The van der Waals surface area contributed by atoms with Crippen molar-refractivity contribution >= 4 is 32.8 Å². The lowest BCUT2D eigenvalue weighted by molar-refractivity contribution is 0.0509. The van der Waals surface area contributed by atoms with Crippen LogP contribution < -0.4 is 5.32 Å². The van der Waals surface area contributed by atoms with Crippen LogP contribution in [0.2, 0.25) is 0 Å². The zero-order valence-corrected chi connectivity index (χ0v) is 18.0. The van der Waals surface area contributed by atoms with Gasteiger partial charge in [0.2, 0.25) is 0 Å². The Kier molecular flexibility index (Phi) is 6.43. The number of carbonyl (C=O) groups is 1. The molecule has 2 aromatic carbocycles. The average molecular weight is 433 g/mol. The fourth-order valence-electron chi connectivity index (χ4n) is 3.54. The highest BCUT2D eigenvalue weighted by Gasteiger charge is 2.21. The number of rotatable bonds is 4. The van der Waals surface area contributed by atoms with Crippen molar-refractivity contribution in [2.24, 2.45) is 5.92 Å². The summed E-state index contributed by atoms with van der Waals surface area (Å²) in [7, 11) is 0. The monoisotopic (exact) mass is 432 g/mol. The first kappa shape index (κ1) is 20.2. The molecule has 0 bridgehead atoms. The Morgan fingerprint density at radius 1 is 1.22 bits per heavy atom. The normalized spacial score (nSPS) is 16.4. The molecule has 1 amide bonds. The first-order valence-electron chi connectivity index (χ1n) is 9.66. The van der Waals surface area contributed by atoms with Crippen LogP contribution in [0.3, 0.4) is 0 Å². The minimum Gasteiger partial charge on any atom is -0.444 e. The Balaban J connectivity index is 1.46. The highest BCUT2D eigenvalue weighted by Crippen LogP contribution is 2.26. The number of nitrogens with zero attached hydrogens (tertiary/aromatic N) is 1. The van der Waals surface area contributed by atoms with Gasteiger partial charge < -0.3 is 10.1 Å². The molecule has 1 aliphatic heterocycles. The first-order valence-corrected chi connectivity index (χ1v) is 10.5. The SMILES string of the molecule is CC(C)(C)OC(=O)NCC1CCN(Cc2ccc3c(Br)cccc3c2)CC1. The maximum Gasteiger partial charge on any atom is 0.407 e. The summed E-state index contributed by atoms with van der Waals surface area (Å²) in [6.45, 7) is 9.47. The van der Waals surface area contributed by atoms with E-state index in [0.717, 1.165) is 36.9 Å². The van der Waals surface area contributed by atoms with Gasteiger partial charge in [-0.15, -0.1) is 0 Å². The van der Waals surface area contributed by atoms with Crippen LogP contribution in [0.4, 0.5) is 4.79 Å². The topological polar surface area (TPSA) is 41.6 Å². The molecule has 2 aromatic rings. The highest BCUT2D eigenvalue weighted by molar-refractivity contribution is 9.10. The molecule has 1 heterocycles. The van der Waals surface area contributed by atoms with E-state index in [1.807, 2.05) is 20.8 Å². The Hall–Kier alpha value is -1.59. The van der Waals surface area contributed by atoms with Crippen LogP contribution in [-0.4, -0.2) is 36.2 Å². The van der Waals surface area contributed by atoms with Gasteiger partial charge in [0.25, 0.3) is 0 Å². The van der Waals surface area contributed by atoms with E-state index in [0.29, 0.717) is 12.5 Å². The molecule has 0 atom stereocenters. The van der Waals surface area contributed by atoms with Gasteiger partial charge in [0.1, 0.15) is 5.60 Å². The number of ether oxygens (including phenoxy) is 1. The second kappa shape index (κ2) is 8.61. The summed E-state index contributed by atoms with van der Waals surface area (Å²) >= 11 is 3.62. The van der Waals surface area contributed by atoms with Crippen LogP contribution in [-0.2, 0) is 11.3 Å². The Labute approximate surface area is 170 Å². The quantitative estimate of drug-likeness (QED) is 0.708. The van der Waals surface area contributed by atoms with Crippen LogP contribution in [0.15, 0.2) is 40.9 Å². The van der Waals surface area contributed by atoms with E-state index in [1.54, 1.807) is 0 Å². The lowest BCUT2D eigenvalue weighted by Gasteiger charge is -2.32. The van der Waals surface area contributed by atoms with Gasteiger partial charge in [0.05, 0.1) is 0 Å². The van der Waals surface area contributed by atoms with Gasteiger partial charge in [-0.3, -0.25) is 4.90 Å². The summed E-state index contributed by atoms with van der Waals surface area (Å²) in [6.07, 6.45) is 1.90. The third-order valence-corrected chi connectivity index (χ3v) is 5.63. The van der Waals surface area contributed by atoms with E-state index in [2.05, 4.69) is 62.5 Å². The van der Waals surface area contributed by atoms with Gasteiger partial charge in [0, 0.05) is 17.6 Å². The van der Waals surface area contributed by atoms with Crippen molar-refractivity contribution in [3.05, 3.63) is 46.4 Å². The predicted octanol–water partition coefficient (Wildman–Crippen LogP) is 5.34. The van der Waals surface area contributed by atoms with Gasteiger partial charge in [-0.2, -0.15) is 0 Å². The highest BCUT2D eigenvalue weighted by atomic mass is 79.9. The standard InChI is InChI=1S/C22H29BrN2O2/c1-22(2,3)27-21(26)24-14-16-9-11-25(12-10-16)15-17-7-8-19-18(13-17)5-4-6-20(19)23/h4-8,13,16H,9-12,14-15H2,1-3H3,(H,24,26). The van der Waals surface area contributed by atoms with Crippen molar-refractivity contribution in [2.45, 2.75) is 45.8 Å². The van der Waals surface area contributed by atoms with Crippen molar-refractivity contribution in [1.29, 1.82) is 0 Å². The molecule has 0 unspecified atom stereocenters. The summed E-state index contributed by atoms with van der Waals surface area (Å²) in [5, 5.41) is 5.45. The Morgan fingerprint density at radius 2 is 1.96 bits per heavy atom. The van der Waals surface area contributed by atoms with Crippen LogP contribution in [0, 0.1) is 5.92 Å². The molecule has 27 heavy (non-hydrogen) atoms. The fraction of sp³-hybridized carbons (Fsp3) is 0.500. The molecule has 5 heteroatoms. The molecular weight excluding hydrogens is 404 g/mol. The maximum atomic E-state index is 11.8. The zero-order valence-electron chi connectivity index (χ0n) is 16.4. The Morgan fingerprint density at radius 3 is 2.67 bits per heavy atom. The summed E-state index contributed by atoms with van der Waals surface area (Å²) < 4.78 is 6.45. The molecule has 0 radical (unpaired) electrons. The molecule has 0 aliphatic carbocycles.